The molecule has 7 heteroatoms. The molecule has 1 rings (SSSR count). The van der Waals surface area contributed by atoms with E-state index in [0.29, 0.717) is 12.2 Å². The number of carbonyl (C=O) groups excluding carboxylic acids is 2. The highest BCUT2D eigenvalue weighted by Gasteiger charge is 2.15. The fourth-order valence-corrected chi connectivity index (χ4v) is 1.34. The summed E-state index contributed by atoms with van der Waals surface area (Å²) in [6.07, 6.45) is 1.01. The summed E-state index contributed by atoms with van der Waals surface area (Å²) in [6.45, 7) is 3.56. The Bertz CT molecular complexity index is 472. The minimum Gasteiger partial charge on any atom is -0.504 e. The summed E-state index contributed by atoms with van der Waals surface area (Å²) in [4.78, 5) is 20.6. The molecule has 7 nitrogen and oxygen atoms in total. The molecule has 1 amide bonds. The van der Waals surface area contributed by atoms with E-state index >= 15 is 0 Å². The van der Waals surface area contributed by atoms with Crippen molar-refractivity contribution in [1.29, 1.82) is 0 Å². The molecule has 1 aromatic rings. The molecule has 0 heterocycles. The van der Waals surface area contributed by atoms with Gasteiger partial charge in [0.1, 0.15) is 6.04 Å². The first-order valence-corrected chi connectivity index (χ1v) is 6.47. The van der Waals surface area contributed by atoms with Gasteiger partial charge in [0.15, 0.2) is 11.5 Å². The third kappa shape index (κ3) is 8.48. The fourth-order valence-electron chi connectivity index (χ4n) is 1.34. The molecule has 0 spiro atoms. The number of ether oxygens (including phenoxy) is 1. The number of phenolic OH excluding ortho intramolecular Hbond substituents is 2. The van der Waals surface area contributed by atoms with Gasteiger partial charge in [0, 0.05) is 6.92 Å². The van der Waals surface area contributed by atoms with Crippen LogP contribution in [-0.4, -0.2) is 34.7 Å². The lowest BCUT2D eigenvalue weighted by atomic mass is 10.1. The minimum absolute atomic E-state index is 0.198. The van der Waals surface area contributed by atoms with E-state index in [1.54, 1.807) is 6.07 Å². The quantitative estimate of drug-likeness (QED) is 0.459. The maximum absolute atomic E-state index is 11.4. The van der Waals surface area contributed by atoms with Crippen molar-refractivity contribution >= 4 is 11.9 Å². The first-order valence-electron chi connectivity index (χ1n) is 6.47. The van der Waals surface area contributed by atoms with Gasteiger partial charge < -0.3 is 26.4 Å². The Balaban J connectivity index is 0.000000885. The number of hydrogen-bond acceptors (Lipinski definition) is 6. The molecule has 21 heavy (non-hydrogen) atoms. The van der Waals surface area contributed by atoms with Crippen molar-refractivity contribution in [1.82, 2.24) is 0 Å². The van der Waals surface area contributed by atoms with Crippen molar-refractivity contribution < 1.29 is 24.5 Å². The molecule has 0 fully saturated rings. The number of aromatic hydroxyl groups is 2. The van der Waals surface area contributed by atoms with Crippen LogP contribution in [0.1, 0.15) is 25.8 Å². The minimum atomic E-state index is -0.759. The SMILES string of the molecule is CC(N)=O.CCCOC(=O)C(N)Cc1ccc(O)c(O)c1. The van der Waals surface area contributed by atoms with Gasteiger partial charge in [-0.1, -0.05) is 13.0 Å². The molecule has 0 bridgehead atoms. The maximum atomic E-state index is 11.4. The van der Waals surface area contributed by atoms with E-state index in [1.165, 1.54) is 19.1 Å². The second-order valence-electron chi connectivity index (χ2n) is 4.41. The van der Waals surface area contributed by atoms with Gasteiger partial charge in [-0.25, -0.2) is 0 Å². The third-order valence-electron chi connectivity index (χ3n) is 2.25. The van der Waals surface area contributed by atoms with Crippen LogP contribution in [0.2, 0.25) is 0 Å². The van der Waals surface area contributed by atoms with E-state index in [4.69, 9.17) is 15.6 Å². The topological polar surface area (TPSA) is 136 Å². The second-order valence-corrected chi connectivity index (χ2v) is 4.41. The van der Waals surface area contributed by atoms with Crippen molar-refractivity contribution in [3.63, 3.8) is 0 Å². The molecule has 1 unspecified atom stereocenters. The molecule has 0 saturated carbocycles. The number of benzene rings is 1. The Morgan fingerprint density at radius 3 is 2.33 bits per heavy atom. The molecule has 1 atom stereocenters. The molecule has 0 aromatic heterocycles. The Morgan fingerprint density at radius 2 is 1.86 bits per heavy atom. The number of hydrogen-bond donors (Lipinski definition) is 4. The maximum Gasteiger partial charge on any atom is 0.323 e. The van der Waals surface area contributed by atoms with Gasteiger partial charge in [-0.15, -0.1) is 0 Å². The number of carbonyl (C=O) groups is 2. The van der Waals surface area contributed by atoms with E-state index < -0.39 is 12.0 Å². The first-order chi connectivity index (χ1) is 9.77. The van der Waals surface area contributed by atoms with Crippen LogP contribution >= 0.6 is 0 Å². The Hall–Kier alpha value is -2.28. The predicted molar refractivity (Wildman–Crippen MR) is 77.6 cm³/mol. The Labute approximate surface area is 123 Å². The van der Waals surface area contributed by atoms with Crippen molar-refractivity contribution in [3.05, 3.63) is 23.8 Å². The average molecular weight is 298 g/mol. The Morgan fingerprint density at radius 1 is 1.29 bits per heavy atom. The summed E-state index contributed by atoms with van der Waals surface area (Å²) in [5.41, 5.74) is 10.8. The van der Waals surface area contributed by atoms with Gasteiger partial charge in [0.25, 0.3) is 0 Å². The van der Waals surface area contributed by atoms with E-state index in [0.717, 1.165) is 6.42 Å². The summed E-state index contributed by atoms with van der Waals surface area (Å²) in [7, 11) is 0. The van der Waals surface area contributed by atoms with Gasteiger partial charge in [-0.05, 0) is 30.5 Å². The number of rotatable bonds is 5. The largest absolute Gasteiger partial charge is 0.504 e. The molecule has 0 saturated heterocycles. The lowest BCUT2D eigenvalue weighted by Crippen LogP contribution is -2.34. The molecule has 6 N–H and O–H groups in total. The normalized spacial score (nSPS) is 11.0. The van der Waals surface area contributed by atoms with Crippen LogP contribution < -0.4 is 11.5 Å². The van der Waals surface area contributed by atoms with Crippen LogP contribution in [0.25, 0.3) is 0 Å². The first kappa shape index (κ1) is 18.7. The second kappa shape index (κ2) is 9.60. The summed E-state index contributed by atoms with van der Waals surface area (Å²) >= 11 is 0. The zero-order valence-corrected chi connectivity index (χ0v) is 12.2. The van der Waals surface area contributed by atoms with E-state index in [1.807, 2.05) is 6.92 Å². The zero-order chi connectivity index (χ0) is 16.4. The number of esters is 1. The monoisotopic (exact) mass is 298 g/mol. The summed E-state index contributed by atoms with van der Waals surface area (Å²) in [5.74, 6) is -1.22. The third-order valence-corrected chi connectivity index (χ3v) is 2.25. The highest BCUT2D eigenvalue weighted by molar-refractivity contribution is 5.75. The Kier molecular flexibility index (Phi) is 8.55. The summed E-state index contributed by atoms with van der Waals surface area (Å²) in [5, 5.41) is 18.4. The van der Waals surface area contributed by atoms with E-state index in [2.05, 4.69) is 5.73 Å². The van der Waals surface area contributed by atoms with Crippen molar-refractivity contribution in [3.8, 4) is 11.5 Å². The number of primary amides is 1. The van der Waals surface area contributed by atoms with Gasteiger partial charge in [0.05, 0.1) is 6.61 Å². The molecule has 0 radical (unpaired) electrons. The van der Waals surface area contributed by atoms with Crippen LogP contribution in [0, 0.1) is 0 Å². The highest BCUT2D eigenvalue weighted by atomic mass is 16.5. The average Bonchev–Trinajstić information content (AvgIpc) is 2.39. The number of amides is 1. The smallest absolute Gasteiger partial charge is 0.323 e. The van der Waals surface area contributed by atoms with Crippen molar-refractivity contribution in [2.24, 2.45) is 11.5 Å². The molecular formula is C14H22N2O5. The lowest BCUT2D eigenvalue weighted by Gasteiger charge is -2.11. The number of nitrogens with two attached hydrogens (primary N) is 2. The summed E-state index contributed by atoms with van der Waals surface area (Å²) in [6, 6.07) is 3.57. The molecular weight excluding hydrogens is 276 g/mol. The standard InChI is InChI=1S/C12H17NO4.C2H5NO/c1-2-5-17-12(16)9(13)6-8-3-4-10(14)11(15)7-8;1-2(3)4/h3-4,7,9,14-15H,2,5-6,13H2,1H3;1H3,(H2,3,4). The predicted octanol–water partition coefficient (Wildman–Crippen LogP) is 0.412. The van der Waals surface area contributed by atoms with Gasteiger partial charge in [0.2, 0.25) is 5.91 Å². The molecule has 0 aliphatic heterocycles. The van der Waals surface area contributed by atoms with Gasteiger partial charge in [-0.3, -0.25) is 9.59 Å². The summed E-state index contributed by atoms with van der Waals surface area (Å²) < 4.78 is 4.90. The molecule has 0 aliphatic rings. The van der Waals surface area contributed by atoms with Crippen LogP contribution in [0.15, 0.2) is 18.2 Å². The van der Waals surface area contributed by atoms with Crippen molar-refractivity contribution in [2.75, 3.05) is 6.61 Å². The highest BCUT2D eigenvalue weighted by Crippen LogP contribution is 2.25. The van der Waals surface area contributed by atoms with Crippen LogP contribution in [-0.2, 0) is 20.7 Å². The van der Waals surface area contributed by atoms with E-state index in [9.17, 15) is 14.7 Å². The molecule has 118 valence electrons. The van der Waals surface area contributed by atoms with Gasteiger partial charge in [-0.2, -0.15) is 0 Å². The van der Waals surface area contributed by atoms with Crippen LogP contribution in [0.3, 0.4) is 0 Å². The van der Waals surface area contributed by atoms with Gasteiger partial charge >= 0.3 is 5.97 Å². The molecule has 1 aromatic carbocycles. The fraction of sp³-hybridized carbons (Fsp3) is 0.429. The lowest BCUT2D eigenvalue weighted by molar-refractivity contribution is -0.145. The van der Waals surface area contributed by atoms with Crippen LogP contribution in [0.4, 0.5) is 0 Å². The zero-order valence-electron chi connectivity index (χ0n) is 12.2. The molecule has 0 aliphatic carbocycles. The number of phenols is 2. The van der Waals surface area contributed by atoms with E-state index in [-0.39, 0.29) is 23.8 Å². The van der Waals surface area contributed by atoms with Crippen molar-refractivity contribution in [2.45, 2.75) is 32.7 Å². The van der Waals surface area contributed by atoms with Crippen LogP contribution in [0.5, 0.6) is 11.5 Å².